The average molecular weight is 381 g/mol. The predicted octanol–water partition coefficient (Wildman–Crippen LogP) is 4.39. The molecule has 0 spiro atoms. The van der Waals surface area contributed by atoms with E-state index in [0.29, 0.717) is 16.5 Å². The van der Waals surface area contributed by atoms with Crippen LogP contribution in [0, 0.1) is 0 Å². The highest BCUT2D eigenvalue weighted by molar-refractivity contribution is 6.28. The number of Topliss-reactive ketones (excluding diaryl/α,β-unsaturated/α-hetero) is 1. The highest BCUT2D eigenvalue weighted by Gasteiger charge is 2.18. The molecule has 6 nitrogen and oxygen atoms in total. The quantitative estimate of drug-likeness (QED) is 0.489. The van der Waals surface area contributed by atoms with Crippen molar-refractivity contribution in [3.05, 3.63) is 41.4 Å². The maximum atomic E-state index is 12.7. The van der Waals surface area contributed by atoms with Crippen molar-refractivity contribution in [1.82, 2.24) is 14.5 Å². The Balaban J connectivity index is 2.09. The summed E-state index contributed by atoms with van der Waals surface area (Å²) in [6.45, 7) is 1.08. The second kappa shape index (κ2) is 7.25. The second-order valence-electron chi connectivity index (χ2n) is 5.57. The molecule has 2 aromatic heterocycles. The Labute approximate surface area is 152 Å². The van der Waals surface area contributed by atoms with E-state index in [9.17, 15) is 18.7 Å². The van der Waals surface area contributed by atoms with Gasteiger partial charge in [0.1, 0.15) is 5.82 Å². The molecule has 0 bridgehead atoms. The zero-order valence-electron chi connectivity index (χ0n) is 13.7. The fourth-order valence-corrected chi connectivity index (χ4v) is 2.80. The van der Waals surface area contributed by atoms with Crippen LogP contribution in [0.15, 0.2) is 30.6 Å². The van der Waals surface area contributed by atoms with Crippen LogP contribution in [-0.4, -0.2) is 31.9 Å². The molecule has 2 N–H and O–H groups in total. The number of aromatic nitrogens is 3. The van der Waals surface area contributed by atoms with E-state index in [1.807, 2.05) is 0 Å². The van der Waals surface area contributed by atoms with Crippen LogP contribution in [0.5, 0.6) is 5.88 Å². The molecular weight excluding hydrogens is 366 g/mol. The first kappa shape index (κ1) is 18.1. The van der Waals surface area contributed by atoms with Gasteiger partial charge in [-0.25, -0.2) is 13.8 Å². The maximum absolute atomic E-state index is 12.7. The number of benzene rings is 1. The summed E-state index contributed by atoms with van der Waals surface area (Å²) in [6, 6.07) is 5.03. The minimum Gasteiger partial charge on any atom is -0.494 e. The molecule has 0 saturated carbocycles. The van der Waals surface area contributed by atoms with Gasteiger partial charge in [-0.15, -0.1) is 0 Å². The molecule has 0 aliphatic carbocycles. The summed E-state index contributed by atoms with van der Waals surface area (Å²) >= 11 is 5.83. The molecule has 0 radical (unpaired) electrons. The van der Waals surface area contributed by atoms with Crippen molar-refractivity contribution in [3.63, 3.8) is 0 Å². The van der Waals surface area contributed by atoms with Gasteiger partial charge in [-0.1, -0.05) is 19.1 Å². The third kappa shape index (κ3) is 3.45. The number of hydrogen-bond acceptors (Lipinski definition) is 5. The lowest BCUT2D eigenvalue weighted by atomic mass is 10.1. The van der Waals surface area contributed by atoms with E-state index >= 15 is 0 Å². The summed E-state index contributed by atoms with van der Waals surface area (Å²) in [5.41, 5.74) is 0.661. The normalized spacial score (nSPS) is 11.3. The number of carbonyl (C=O) groups excluding carboxylic acids is 1. The van der Waals surface area contributed by atoms with Gasteiger partial charge in [-0.2, -0.15) is 4.98 Å². The number of aromatic hydroxyl groups is 1. The van der Waals surface area contributed by atoms with Crippen LogP contribution in [0.3, 0.4) is 0 Å². The summed E-state index contributed by atoms with van der Waals surface area (Å²) in [5.74, 6) is -0.298. The molecule has 0 fully saturated rings. The average Bonchev–Trinajstić information content (AvgIpc) is 2.90. The van der Waals surface area contributed by atoms with Crippen molar-refractivity contribution in [2.45, 2.75) is 26.3 Å². The number of alkyl halides is 2. The number of nitrogens with zero attached hydrogens (tertiary/aromatic N) is 3. The third-order valence-corrected chi connectivity index (χ3v) is 4.04. The number of nitrogens with one attached hydrogen (secondary N) is 1. The number of anilines is 2. The van der Waals surface area contributed by atoms with Crippen molar-refractivity contribution < 1.29 is 18.7 Å². The zero-order chi connectivity index (χ0) is 18.8. The van der Waals surface area contributed by atoms with Crippen molar-refractivity contribution in [3.8, 4) is 5.88 Å². The number of carbonyl (C=O) groups is 1. The molecule has 0 unspecified atom stereocenters. The van der Waals surface area contributed by atoms with Crippen LogP contribution in [-0.2, 0) is 6.54 Å². The van der Waals surface area contributed by atoms with Gasteiger partial charge in [0.15, 0.2) is 5.78 Å². The Hall–Kier alpha value is -2.74. The van der Waals surface area contributed by atoms with Crippen LogP contribution in [0.2, 0.25) is 5.28 Å². The van der Waals surface area contributed by atoms with Gasteiger partial charge in [-0.3, -0.25) is 4.79 Å². The predicted molar refractivity (Wildman–Crippen MR) is 94.6 cm³/mol. The summed E-state index contributed by atoms with van der Waals surface area (Å²) in [6.07, 6.45) is 0.409. The smallest absolute Gasteiger partial charge is 0.256 e. The Kier molecular flexibility index (Phi) is 5.03. The Morgan fingerprint density at radius 1 is 1.42 bits per heavy atom. The van der Waals surface area contributed by atoms with Crippen LogP contribution in [0.1, 0.15) is 23.7 Å². The van der Waals surface area contributed by atoms with E-state index in [1.165, 1.54) is 12.4 Å². The molecule has 3 aromatic rings. The number of halogens is 3. The molecule has 0 amide bonds. The van der Waals surface area contributed by atoms with Crippen LogP contribution >= 0.6 is 11.6 Å². The fraction of sp³-hybridized carbons (Fsp3) is 0.235. The Morgan fingerprint density at radius 2 is 2.19 bits per heavy atom. The molecule has 3 rings (SSSR count). The van der Waals surface area contributed by atoms with E-state index in [2.05, 4.69) is 15.3 Å². The van der Waals surface area contributed by atoms with Crippen molar-refractivity contribution >= 4 is 39.7 Å². The molecule has 26 heavy (non-hydrogen) atoms. The number of ketones is 1. The van der Waals surface area contributed by atoms with Gasteiger partial charge >= 0.3 is 0 Å². The first-order chi connectivity index (χ1) is 12.4. The summed E-state index contributed by atoms with van der Waals surface area (Å²) < 4.78 is 26.4. The van der Waals surface area contributed by atoms with Gasteiger partial charge in [-0.05, 0) is 17.7 Å². The second-order valence-corrected chi connectivity index (χ2v) is 5.91. The van der Waals surface area contributed by atoms with Crippen molar-refractivity contribution in [2.75, 3.05) is 5.32 Å². The molecule has 0 saturated heterocycles. The lowest BCUT2D eigenvalue weighted by molar-refractivity contribution is 0.0988. The highest BCUT2D eigenvalue weighted by Crippen LogP contribution is 2.36. The largest absolute Gasteiger partial charge is 0.494 e. The summed E-state index contributed by atoms with van der Waals surface area (Å²) in [7, 11) is 0. The van der Waals surface area contributed by atoms with Gasteiger partial charge < -0.3 is 15.0 Å². The number of fused-ring (bicyclic) bond motifs is 1. The molecule has 9 heteroatoms. The lowest BCUT2D eigenvalue weighted by Gasteiger charge is -2.11. The number of hydrogen-bond donors (Lipinski definition) is 2. The lowest BCUT2D eigenvalue weighted by Crippen LogP contribution is -2.06. The Morgan fingerprint density at radius 3 is 2.88 bits per heavy atom. The monoisotopic (exact) mass is 380 g/mol. The molecule has 1 aromatic carbocycles. The summed E-state index contributed by atoms with van der Waals surface area (Å²) in [4.78, 5) is 20.0. The van der Waals surface area contributed by atoms with E-state index in [0.717, 1.165) is 4.57 Å². The number of rotatable bonds is 6. The molecule has 0 atom stereocenters. The molecule has 0 aliphatic heterocycles. The van der Waals surface area contributed by atoms with Crippen molar-refractivity contribution in [2.24, 2.45) is 0 Å². The maximum Gasteiger partial charge on any atom is 0.256 e. The van der Waals surface area contributed by atoms with E-state index in [4.69, 9.17) is 11.6 Å². The van der Waals surface area contributed by atoms with E-state index < -0.39 is 13.0 Å². The van der Waals surface area contributed by atoms with Crippen LogP contribution in [0.4, 0.5) is 20.3 Å². The Bertz CT molecular complexity index is 975. The van der Waals surface area contributed by atoms with Crippen LogP contribution < -0.4 is 5.32 Å². The van der Waals surface area contributed by atoms with Crippen LogP contribution in [0.25, 0.3) is 10.8 Å². The first-order valence-corrected chi connectivity index (χ1v) is 8.20. The van der Waals surface area contributed by atoms with E-state index in [-0.39, 0.29) is 34.7 Å². The molecule has 0 aliphatic rings. The minimum absolute atomic E-state index is 0.0492. The van der Waals surface area contributed by atoms with Gasteiger partial charge in [0.05, 0.1) is 23.2 Å². The van der Waals surface area contributed by atoms with E-state index in [1.54, 1.807) is 25.1 Å². The fourth-order valence-electron chi connectivity index (χ4n) is 2.67. The summed E-state index contributed by atoms with van der Waals surface area (Å²) in [5, 5.41) is 14.2. The first-order valence-electron chi connectivity index (χ1n) is 7.82. The van der Waals surface area contributed by atoms with Gasteiger partial charge in [0, 0.05) is 24.2 Å². The standard InChI is InChI=1S/C17H15ClF2N4O2/c1-2-12(25)10-6-21-17(18)23-15(10)22-11-5-3-4-9-7-24(8-13(19)20)16(26)14(9)11/h3-7,13,26H,2,8H2,1H3,(H,21,22,23). The van der Waals surface area contributed by atoms with Gasteiger partial charge in [0.2, 0.25) is 11.2 Å². The van der Waals surface area contributed by atoms with Crippen molar-refractivity contribution in [1.29, 1.82) is 0 Å². The SMILES string of the molecule is CCC(=O)c1cnc(Cl)nc1Nc1cccc2cn(CC(F)F)c(O)c12. The zero-order valence-corrected chi connectivity index (χ0v) is 14.5. The third-order valence-electron chi connectivity index (χ3n) is 3.86. The molecule has 136 valence electrons. The topological polar surface area (TPSA) is 80.0 Å². The molecular formula is C17H15ClF2N4O2. The van der Waals surface area contributed by atoms with Gasteiger partial charge in [0.25, 0.3) is 6.43 Å². The minimum atomic E-state index is -2.60. The highest BCUT2D eigenvalue weighted by atomic mass is 35.5. The molecule has 2 heterocycles.